The van der Waals surface area contributed by atoms with E-state index >= 15 is 0 Å². The average molecular weight is 366 g/mol. The van der Waals surface area contributed by atoms with Crippen molar-refractivity contribution >= 4 is 23.9 Å². The molecule has 0 spiro atoms. The van der Waals surface area contributed by atoms with Crippen LogP contribution in [0.5, 0.6) is 0 Å². The standard InChI is InChI=1S/C20H22N4O3/c1-14-12-16(15(2)24(14)17-6-4-3-5-7-17)8-9-18(25)21-10-11-23-19(26)13-22-20(23)27/h3-9,12H,10-11,13H2,1-2H3,(H,21,25)(H,22,27). The van der Waals surface area contributed by atoms with E-state index < -0.39 is 6.03 Å². The second-order valence-electron chi connectivity index (χ2n) is 6.33. The minimum Gasteiger partial charge on any atom is -0.351 e. The number of urea groups is 1. The van der Waals surface area contributed by atoms with Crippen molar-refractivity contribution in [2.24, 2.45) is 0 Å². The Labute approximate surface area is 157 Å². The minimum atomic E-state index is -0.418. The van der Waals surface area contributed by atoms with Crippen molar-refractivity contribution < 1.29 is 14.4 Å². The molecule has 4 amide bonds. The van der Waals surface area contributed by atoms with Crippen LogP contribution in [-0.4, -0.2) is 46.9 Å². The van der Waals surface area contributed by atoms with Crippen molar-refractivity contribution in [3.63, 3.8) is 0 Å². The second kappa shape index (κ2) is 7.90. The van der Waals surface area contributed by atoms with Crippen LogP contribution in [0, 0.1) is 13.8 Å². The summed E-state index contributed by atoms with van der Waals surface area (Å²) >= 11 is 0. The fourth-order valence-electron chi connectivity index (χ4n) is 3.13. The molecule has 0 bridgehead atoms. The zero-order valence-corrected chi connectivity index (χ0v) is 15.4. The van der Waals surface area contributed by atoms with Gasteiger partial charge in [0.05, 0.1) is 6.54 Å². The van der Waals surface area contributed by atoms with Crippen molar-refractivity contribution in [1.82, 2.24) is 20.1 Å². The highest BCUT2D eigenvalue weighted by Crippen LogP contribution is 2.21. The topological polar surface area (TPSA) is 83.4 Å². The molecule has 0 saturated carbocycles. The summed E-state index contributed by atoms with van der Waals surface area (Å²) in [6.45, 7) is 4.42. The van der Waals surface area contributed by atoms with Gasteiger partial charge >= 0.3 is 6.03 Å². The molecule has 2 aromatic rings. The Morgan fingerprint density at radius 1 is 1.22 bits per heavy atom. The van der Waals surface area contributed by atoms with Gasteiger partial charge in [-0.3, -0.25) is 14.5 Å². The van der Waals surface area contributed by atoms with Crippen molar-refractivity contribution in [2.75, 3.05) is 19.6 Å². The molecule has 2 N–H and O–H groups in total. The fourth-order valence-corrected chi connectivity index (χ4v) is 3.13. The summed E-state index contributed by atoms with van der Waals surface area (Å²) in [6, 6.07) is 11.6. The molecule has 3 rings (SSSR count). The van der Waals surface area contributed by atoms with Gasteiger partial charge in [-0.1, -0.05) is 18.2 Å². The van der Waals surface area contributed by atoms with Crippen LogP contribution >= 0.6 is 0 Å². The Bertz CT molecular complexity index is 883. The molecule has 1 aromatic carbocycles. The number of nitrogens with one attached hydrogen (secondary N) is 2. The number of hydrogen-bond donors (Lipinski definition) is 2. The van der Waals surface area contributed by atoms with Gasteiger partial charge in [-0.25, -0.2) is 4.79 Å². The van der Waals surface area contributed by atoms with Gasteiger partial charge in [0.1, 0.15) is 0 Å². The Morgan fingerprint density at radius 3 is 2.63 bits per heavy atom. The van der Waals surface area contributed by atoms with Gasteiger partial charge in [-0.2, -0.15) is 0 Å². The Kier molecular flexibility index (Phi) is 5.40. The lowest BCUT2D eigenvalue weighted by Gasteiger charge is -2.11. The van der Waals surface area contributed by atoms with E-state index in [9.17, 15) is 14.4 Å². The van der Waals surface area contributed by atoms with E-state index in [0.717, 1.165) is 27.5 Å². The maximum absolute atomic E-state index is 12.0. The zero-order chi connectivity index (χ0) is 19.4. The predicted molar refractivity (Wildman–Crippen MR) is 102 cm³/mol. The maximum Gasteiger partial charge on any atom is 0.324 e. The molecule has 0 aliphatic carbocycles. The summed E-state index contributed by atoms with van der Waals surface area (Å²) in [4.78, 5) is 36.0. The largest absolute Gasteiger partial charge is 0.351 e. The van der Waals surface area contributed by atoms with Gasteiger partial charge in [0.15, 0.2) is 0 Å². The van der Waals surface area contributed by atoms with E-state index in [1.165, 1.54) is 6.08 Å². The van der Waals surface area contributed by atoms with Crippen LogP contribution in [0.2, 0.25) is 0 Å². The van der Waals surface area contributed by atoms with Crippen molar-refractivity contribution in [1.29, 1.82) is 0 Å². The third-order valence-electron chi connectivity index (χ3n) is 4.47. The van der Waals surface area contributed by atoms with E-state index in [1.807, 2.05) is 50.2 Å². The molecule has 27 heavy (non-hydrogen) atoms. The fraction of sp³-hybridized carbons (Fsp3) is 0.250. The molecule has 1 aliphatic heterocycles. The second-order valence-corrected chi connectivity index (χ2v) is 6.33. The van der Waals surface area contributed by atoms with Gasteiger partial charge in [-0.05, 0) is 43.7 Å². The molecular weight excluding hydrogens is 344 g/mol. The zero-order valence-electron chi connectivity index (χ0n) is 15.4. The van der Waals surface area contributed by atoms with Gasteiger partial charge in [-0.15, -0.1) is 0 Å². The molecule has 7 heteroatoms. The third kappa shape index (κ3) is 4.08. The molecule has 140 valence electrons. The van der Waals surface area contributed by atoms with Gasteiger partial charge < -0.3 is 15.2 Å². The lowest BCUT2D eigenvalue weighted by molar-refractivity contribution is -0.125. The van der Waals surface area contributed by atoms with Gasteiger partial charge in [0, 0.05) is 36.2 Å². The summed E-state index contributed by atoms with van der Waals surface area (Å²) in [6.07, 6.45) is 3.23. The quantitative estimate of drug-likeness (QED) is 0.604. The molecule has 0 unspecified atom stereocenters. The molecule has 0 radical (unpaired) electrons. The van der Waals surface area contributed by atoms with E-state index in [1.54, 1.807) is 6.08 Å². The van der Waals surface area contributed by atoms with E-state index in [4.69, 9.17) is 0 Å². The number of hydrogen-bond acceptors (Lipinski definition) is 3. The Hall–Kier alpha value is -3.35. The van der Waals surface area contributed by atoms with E-state index in [2.05, 4.69) is 15.2 Å². The van der Waals surface area contributed by atoms with Crippen LogP contribution in [0.4, 0.5) is 4.79 Å². The highest BCUT2D eigenvalue weighted by atomic mass is 16.2. The highest BCUT2D eigenvalue weighted by Gasteiger charge is 2.27. The number of imide groups is 1. The summed E-state index contributed by atoms with van der Waals surface area (Å²) < 4.78 is 2.13. The van der Waals surface area contributed by atoms with Crippen molar-refractivity contribution in [2.45, 2.75) is 13.8 Å². The van der Waals surface area contributed by atoms with Crippen LogP contribution in [0.15, 0.2) is 42.5 Å². The highest BCUT2D eigenvalue weighted by molar-refractivity contribution is 6.02. The lowest BCUT2D eigenvalue weighted by Crippen LogP contribution is -2.38. The number of para-hydroxylation sites is 1. The number of aromatic nitrogens is 1. The number of aryl methyl sites for hydroxylation is 1. The minimum absolute atomic E-state index is 0.0176. The van der Waals surface area contributed by atoms with Crippen LogP contribution in [0.25, 0.3) is 11.8 Å². The molecule has 7 nitrogen and oxygen atoms in total. The monoisotopic (exact) mass is 366 g/mol. The molecule has 1 fully saturated rings. The maximum atomic E-state index is 12.0. The predicted octanol–water partition coefficient (Wildman–Crippen LogP) is 1.78. The summed E-state index contributed by atoms with van der Waals surface area (Å²) in [5.74, 6) is -0.551. The van der Waals surface area contributed by atoms with Crippen LogP contribution in [0.3, 0.4) is 0 Å². The van der Waals surface area contributed by atoms with E-state index in [-0.39, 0.29) is 31.4 Å². The first-order valence-electron chi connectivity index (χ1n) is 8.76. The smallest absolute Gasteiger partial charge is 0.324 e. The molecule has 0 atom stereocenters. The van der Waals surface area contributed by atoms with E-state index in [0.29, 0.717) is 0 Å². The third-order valence-corrected chi connectivity index (χ3v) is 4.47. The van der Waals surface area contributed by atoms with Crippen LogP contribution in [-0.2, 0) is 9.59 Å². The summed E-state index contributed by atoms with van der Waals surface area (Å²) in [5, 5.41) is 5.13. The summed E-state index contributed by atoms with van der Waals surface area (Å²) in [5.41, 5.74) is 4.16. The molecular formula is C20H22N4O3. The number of amides is 4. The van der Waals surface area contributed by atoms with Crippen molar-refractivity contribution in [3.05, 3.63) is 59.4 Å². The first kappa shape index (κ1) is 18.4. The molecule has 1 aliphatic rings. The molecule has 1 aromatic heterocycles. The van der Waals surface area contributed by atoms with Gasteiger partial charge in [0.2, 0.25) is 11.8 Å². The van der Waals surface area contributed by atoms with Crippen molar-refractivity contribution in [3.8, 4) is 5.69 Å². The van der Waals surface area contributed by atoms with Crippen LogP contribution < -0.4 is 10.6 Å². The lowest BCUT2D eigenvalue weighted by atomic mass is 10.2. The normalized spacial score (nSPS) is 14.1. The molecule has 1 saturated heterocycles. The number of benzene rings is 1. The van der Waals surface area contributed by atoms with Gasteiger partial charge in [0.25, 0.3) is 0 Å². The number of carbonyl (C=O) groups excluding carboxylic acids is 3. The summed E-state index contributed by atoms with van der Waals surface area (Å²) in [7, 11) is 0. The SMILES string of the molecule is Cc1cc(C=CC(=O)NCCN2C(=O)CNC2=O)c(C)n1-c1ccccc1. The number of carbonyl (C=O) groups is 3. The van der Waals surface area contributed by atoms with Crippen LogP contribution in [0.1, 0.15) is 17.0 Å². The first-order valence-corrected chi connectivity index (χ1v) is 8.76. The molecule has 2 heterocycles. The Balaban J connectivity index is 1.60. The first-order chi connectivity index (χ1) is 13.0. The average Bonchev–Trinajstić information content (AvgIpc) is 3.13. The Morgan fingerprint density at radius 2 is 1.96 bits per heavy atom. The number of rotatable bonds is 6. The number of nitrogens with zero attached hydrogens (tertiary/aromatic N) is 2.